The Bertz CT molecular complexity index is 463. The zero-order chi connectivity index (χ0) is 15.2. The largest absolute Gasteiger partial charge is 0.374 e. The van der Waals surface area contributed by atoms with Gasteiger partial charge < -0.3 is 21.2 Å². The molecule has 8 nitrogen and oxygen atoms in total. The predicted octanol–water partition coefficient (Wildman–Crippen LogP) is 0.365. The quantitative estimate of drug-likeness (QED) is 0.400. The lowest BCUT2D eigenvalue weighted by Crippen LogP contribution is -2.36. The third-order valence-corrected chi connectivity index (χ3v) is 2.44. The van der Waals surface area contributed by atoms with Gasteiger partial charge in [0.2, 0.25) is 5.91 Å². The molecule has 0 atom stereocenters. The van der Waals surface area contributed by atoms with Crippen molar-refractivity contribution in [2.45, 2.75) is 39.3 Å². The first-order chi connectivity index (χ1) is 9.36. The Hall–Kier alpha value is -1.93. The van der Waals surface area contributed by atoms with Gasteiger partial charge in [0.15, 0.2) is 5.82 Å². The lowest BCUT2D eigenvalue weighted by molar-refractivity contribution is -0.118. The van der Waals surface area contributed by atoms with Crippen LogP contribution >= 0.6 is 0 Å². The maximum atomic E-state index is 11.0. The lowest BCUT2D eigenvalue weighted by atomic mass is 10.0. The van der Waals surface area contributed by atoms with E-state index in [2.05, 4.69) is 20.7 Å². The summed E-state index contributed by atoms with van der Waals surface area (Å²) in [7, 11) is 0. The molecule has 0 aromatic carbocycles. The van der Waals surface area contributed by atoms with Crippen LogP contribution in [0.25, 0.3) is 0 Å². The number of hydrogen-bond donors (Lipinski definition) is 4. The van der Waals surface area contributed by atoms with Gasteiger partial charge in [0.25, 0.3) is 0 Å². The Morgan fingerprint density at radius 3 is 2.60 bits per heavy atom. The summed E-state index contributed by atoms with van der Waals surface area (Å²) in [5.41, 5.74) is 7.17. The molecule has 0 saturated carbocycles. The van der Waals surface area contributed by atoms with Gasteiger partial charge in [0.1, 0.15) is 18.2 Å². The first-order valence-corrected chi connectivity index (χ1v) is 6.35. The van der Waals surface area contributed by atoms with Crippen molar-refractivity contribution >= 4 is 17.5 Å². The number of carbonyl (C=O) groups excluding carboxylic acids is 1. The van der Waals surface area contributed by atoms with Crippen LogP contribution in [0.4, 0.5) is 11.6 Å². The van der Waals surface area contributed by atoms with Crippen LogP contribution in [0.5, 0.6) is 0 Å². The molecule has 0 bridgehead atoms. The Balaban J connectivity index is 2.90. The van der Waals surface area contributed by atoms with Crippen LogP contribution in [-0.4, -0.2) is 28.0 Å². The zero-order valence-electron chi connectivity index (χ0n) is 12.1. The standard InChI is InChI=1S/C12H22N6O2/c1-4-20-7-11-15-9(5-10(16-11)18-14)17-12(2,3)6-8(13)19/h5H,4,6-7,14H2,1-3H3,(H2,13,19)(H2,15,16,17,18). The summed E-state index contributed by atoms with van der Waals surface area (Å²) < 4.78 is 5.27. The first kappa shape index (κ1) is 16.1. The third kappa shape index (κ3) is 5.37. The number of nitrogen functional groups attached to an aromatic ring is 1. The van der Waals surface area contributed by atoms with Crippen LogP contribution in [0.2, 0.25) is 0 Å². The molecule has 0 aliphatic carbocycles. The predicted molar refractivity (Wildman–Crippen MR) is 76.7 cm³/mol. The van der Waals surface area contributed by atoms with E-state index in [4.69, 9.17) is 16.3 Å². The van der Waals surface area contributed by atoms with E-state index in [1.54, 1.807) is 6.07 Å². The minimum Gasteiger partial charge on any atom is -0.374 e. The molecular weight excluding hydrogens is 260 g/mol. The third-order valence-electron chi connectivity index (χ3n) is 2.44. The Labute approximate surface area is 118 Å². The van der Waals surface area contributed by atoms with E-state index >= 15 is 0 Å². The molecule has 0 unspecified atom stereocenters. The van der Waals surface area contributed by atoms with Gasteiger partial charge in [-0.15, -0.1) is 0 Å². The first-order valence-electron chi connectivity index (χ1n) is 6.35. The number of carbonyl (C=O) groups is 1. The van der Waals surface area contributed by atoms with Gasteiger partial charge in [-0.3, -0.25) is 4.79 Å². The number of rotatable bonds is 8. The van der Waals surface area contributed by atoms with E-state index in [9.17, 15) is 4.79 Å². The van der Waals surface area contributed by atoms with Crippen molar-refractivity contribution in [3.63, 3.8) is 0 Å². The number of aromatic nitrogens is 2. The van der Waals surface area contributed by atoms with Crippen molar-refractivity contribution in [3.05, 3.63) is 11.9 Å². The molecule has 0 aliphatic heterocycles. The van der Waals surface area contributed by atoms with Crippen molar-refractivity contribution in [3.8, 4) is 0 Å². The molecular formula is C12H22N6O2. The minimum atomic E-state index is -0.519. The molecule has 1 rings (SSSR count). The second-order valence-electron chi connectivity index (χ2n) is 4.99. The highest BCUT2D eigenvalue weighted by Gasteiger charge is 2.21. The maximum absolute atomic E-state index is 11.0. The van der Waals surface area contributed by atoms with Crippen molar-refractivity contribution in [2.75, 3.05) is 17.3 Å². The van der Waals surface area contributed by atoms with Crippen LogP contribution < -0.4 is 22.3 Å². The number of anilines is 2. The number of ether oxygens (including phenoxy) is 1. The van der Waals surface area contributed by atoms with Gasteiger partial charge in [0, 0.05) is 24.6 Å². The number of nitrogens with one attached hydrogen (secondary N) is 2. The van der Waals surface area contributed by atoms with E-state index in [1.807, 2.05) is 20.8 Å². The molecule has 0 radical (unpaired) electrons. The molecule has 1 aromatic rings. The summed E-state index contributed by atoms with van der Waals surface area (Å²) in [4.78, 5) is 19.5. The summed E-state index contributed by atoms with van der Waals surface area (Å²) in [5.74, 6) is 6.51. The number of amides is 1. The van der Waals surface area contributed by atoms with Gasteiger partial charge in [0.05, 0.1) is 0 Å². The molecule has 0 saturated heterocycles. The van der Waals surface area contributed by atoms with Gasteiger partial charge in [-0.1, -0.05) is 0 Å². The molecule has 20 heavy (non-hydrogen) atoms. The average molecular weight is 282 g/mol. The normalized spacial score (nSPS) is 11.2. The van der Waals surface area contributed by atoms with Crippen molar-refractivity contribution in [1.82, 2.24) is 9.97 Å². The molecule has 1 amide bonds. The Morgan fingerprint density at radius 1 is 1.40 bits per heavy atom. The average Bonchev–Trinajstić information content (AvgIpc) is 2.33. The lowest BCUT2D eigenvalue weighted by Gasteiger charge is -2.25. The highest BCUT2D eigenvalue weighted by molar-refractivity contribution is 5.75. The molecule has 1 heterocycles. The second kappa shape index (κ2) is 7.01. The highest BCUT2D eigenvalue weighted by Crippen LogP contribution is 2.18. The summed E-state index contributed by atoms with van der Waals surface area (Å²) in [6, 6.07) is 1.65. The van der Waals surface area contributed by atoms with Gasteiger partial charge >= 0.3 is 0 Å². The highest BCUT2D eigenvalue weighted by atomic mass is 16.5. The molecule has 0 fully saturated rings. The summed E-state index contributed by atoms with van der Waals surface area (Å²) in [6.45, 7) is 6.46. The van der Waals surface area contributed by atoms with Crippen LogP contribution in [0.3, 0.4) is 0 Å². The number of hydrogen-bond acceptors (Lipinski definition) is 7. The summed E-state index contributed by atoms with van der Waals surface area (Å²) in [6.07, 6.45) is 0.184. The summed E-state index contributed by atoms with van der Waals surface area (Å²) in [5, 5.41) is 3.14. The number of primary amides is 1. The van der Waals surface area contributed by atoms with Crippen LogP contribution in [0.15, 0.2) is 6.07 Å². The van der Waals surface area contributed by atoms with E-state index in [0.29, 0.717) is 24.1 Å². The number of hydrazine groups is 1. The molecule has 1 aromatic heterocycles. The van der Waals surface area contributed by atoms with Crippen LogP contribution in [-0.2, 0) is 16.1 Å². The van der Waals surface area contributed by atoms with E-state index < -0.39 is 5.54 Å². The molecule has 8 heteroatoms. The zero-order valence-corrected chi connectivity index (χ0v) is 12.1. The SMILES string of the molecule is CCOCc1nc(NN)cc(NC(C)(C)CC(N)=O)n1. The number of nitrogens with two attached hydrogens (primary N) is 2. The Kier molecular flexibility index (Phi) is 5.66. The van der Waals surface area contributed by atoms with E-state index in [1.165, 1.54) is 0 Å². The van der Waals surface area contributed by atoms with Crippen molar-refractivity contribution in [2.24, 2.45) is 11.6 Å². The monoisotopic (exact) mass is 282 g/mol. The molecule has 6 N–H and O–H groups in total. The van der Waals surface area contributed by atoms with E-state index in [-0.39, 0.29) is 18.9 Å². The topological polar surface area (TPSA) is 128 Å². The molecule has 0 aliphatic rings. The number of nitrogens with zero attached hydrogens (tertiary/aromatic N) is 2. The van der Waals surface area contributed by atoms with Gasteiger partial charge in [-0.25, -0.2) is 15.8 Å². The maximum Gasteiger partial charge on any atom is 0.219 e. The molecule has 0 spiro atoms. The minimum absolute atomic E-state index is 0.184. The van der Waals surface area contributed by atoms with Crippen molar-refractivity contribution < 1.29 is 9.53 Å². The molecule has 112 valence electrons. The van der Waals surface area contributed by atoms with Crippen molar-refractivity contribution in [1.29, 1.82) is 0 Å². The van der Waals surface area contributed by atoms with E-state index in [0.717, 1.165) is 0 Å². The fourth-order valence-corrected chi connectivity index (χ4v) is 1.72. The smallest absolute Gasteiger partial charge is 0.219 e. The fourth-order valence-electron chi connectivity index (χ4n) is 1.72. The Morgan fingerprint density at radius 2 is 2.05 bits per heavy atom. The second-order valence-corrected chi connectivity index (χ2v) is 4.99. The van der Waals surface area contributed by atoms with Crippen LogP contribution in [0.1, 0.15) is 33.0 Å². The fraction of sp³-hybridized carbons (Fsp3) is 0.583. The van der Waals surface area contributed by atoms with Crippen LogP contribution in [0, 0.1) is 0 Å². The van der Waals surface area contributed by atoms with Gasteiger partial charge in [-0.05, 0) is 20.8 Å². The summed E-state index contributed by atoms with van der Waals surface area (Å²) >= 11 is 0. The van der Waals surface area contributed by atoms with Gasteiger partial charge in [-0.2, -0.15) is 0 Å².